The Bertz CT molecular complexity index is 1230. The summed E-state index contributed by atoms with van der Waals surface area (Å²) in [4.78, 5) is 30.6. The first-order valence-corrected chi connectivity index (χ1v) is 13.5. The van der Waals surface area contributed by atoms with Crippen LogP contribution in [0.25, 0.3) is 6.08 Å². The predicted molar refractivity (Wildman–Crippen MR) is 147 cm³/mol. The Morgan fingerprint density at radius 1 is 1.21 bits per heavy atom. The summed E-state index contributed by atoms with van der Waals surface area (Å²) in [5.74, 6) is 0.789. The number of carbonyl (C=O) groups is 2. The molecule has 202 valence electrons. The maximum atomic E-state index is 12.7. The topological polar surface area (TPSA) is 92.9 Å². The van der Waals surface area contributed by atoms with Crippen LogP contribution in [0.2, 0.25) is 0 Å². The second kappa shape index (κ2) is 12.3. The van der Waals surface area contributed by atoms with E-state index in [1.165, 1.54) is 43.1 Å². The van der Waals surface area contributed by atoms with E-state index in [1.807, 2.05) is 44.2 Å². The number of aliphatic carboxylic acids is 1. The van der Waals surface area contributed by atoms with Crippen molar-refractivity contribution < 1.29 is 23.8 Å². The lowest BCUT2D eigenvalue weighted by Crippen LogP contribution is -2.48. The fraction of sp³-hybridized carbons (Fsp3) is 0.452. The van der Waals surface area contributed by atoms with Gasteiger partial charge in [-0.2, -0.15) is 0 Å². The molecule has 38 heavy (non-hydrogen) atoms. The van der Waals surface area contributed by atoms with E-state index in [0.717, 1.165) is 22.6 Å². The average Bonchev–Trinajstić information content (AvgIpc) is 3.26. The minimum atomic E-state index is -1.01. The molecule has 7 nitrogen and oxygen atoms in total. The molecule has 1 aliphatic heterocycles. The molecule has 0 saturated heterocycles. The standard InChI is InChI=1S/C31H38N2O5/c1-4-5-7-10-29(34)33-21-24-19-25(12-11-23(24)20-27(33)30(35)36)37-18-14-26-22(2)38-28(32-26)13-17-31(3)15-8-6-9-16-31/h4-5,7,10-13,17,19,27H,6,8-9,14-16,18,20-21H2,1-3H3,(H,35,36)/b5-4+,10-7+,17-13+/t27-/m0/s1. The Labute approximate surface area is 224 Å². The summed E-state index contributed by atoms with van der Waals surface area (Å²) >= 11 is 0. The van der Waals surface area contributed by atoms with Crippen LogP contribution in [-0.4, -0.2) is 39.5 Å². The molecule has 0 bridgehead atoms. The van der Waals surface area contributed by atoms with Crippen LogP contribution < -0.4 is 4.74 Å². The summed E-state index contributed by atoms with van der Waals surface area (Å²) in [6, 6.07) is 4.76. The molecule has 2 aromatic rings. The molecule has 1 aliphatic carbocycles. The van der Waals surface area contributed by atoms with Crippen molar-refractivity contribution >= 4 is 18.0 Å². The molecular formula is C31H38N2O5. The monoisotopic (exact) mass is 518 g/mol. The van der Waals surface area contributed by atoms with E-state index >= 15 is 0 Å². The van der Waals surface area contributed by atoms with E-state index in [9.17, 15) is 14.7 Å². The van der Waals surface area contributed by atoms with Crippen molar-refractivity contribution in [3.8, 4) is 5.75 Å². The minimum absolute atomic E-state index is 0.222. The van der Waals surface area contributed by atoms with Crippen molar-refractivity contribution in [1.82, 2.24) is 9.88 Å². The average molecular weight is 519 g/mol. The van der Waals surface area contributed by atoms with E-state index in [0.29, 0.717) is 24.7 Å². The second-order valence-electron chi connectivity index (χ2n) is 10.5. The van der Waals surface area contributed by atoms with Gasteiger partial charge in [-0.3, -0.25) is 4.79 Å². The maximum Gasteiger partial charge on any atom is 0.326 e. The molecule has 1 aromatic carbocycles. The van der Waals surface area contributed by atoms with Crippen LogP contribution in [0.15, 0.2) is 53.0 Å². The Hall–Kier alpha value is -3.61. The van der Waals surface area contributed by atoms with Crippen LogP contribution in [-0.2, 0) is 29.0 Å². The summed E-state index contributed by atoms with van der Waals surface area (Å²) in [5.41, 5.74) is 2.92. The van der Waals surface area contributed by atoms with Gasteiger partial charge in [0, 0.05) is 25.5 Å². The van der Waals surface area contributed by atoms with Crippen LogP contribution in [0.5, 0.6) is 5.75 Å². The highest BCUT2D eigenvalue weighted by atomic mass is 16.5. The van der Waals surface area contributed by atoms with E-state index in [1.54, 1.807) is 12.2 Å². The molecule has 1 aromatic heterocycles. The van der Waals surface area contributed by atoms with Gasteiger partial charge in [-0.25, -0.2) is 9.78 Å². The van der Waals surface area contributed by atoms with E-state index < -0.39 is 12.0 Å². The normalized spacial score (nSPS) is 19.3. The van der Waals surface area contributed by atoms with Crippen molar-refractivity contribution in [2.45, 2.75) is 78.3 Å². The third-order valence-electron chi connectivity index (χ3n) is 7.56. The van der Waals surface area contributed by atoms with Crippen LogP contribution in [0.1, 0.15) is 74.4 Å². The SMILES string of the molecule is C/C=C/C=C/C(=O)N1Cc2cc(OCCc3nc(/C=C/C4(C)CCCCC4)oc3C)ccc2C[C@H]1C(=O)O. The van der Waals surface area contributed by atoms with Gasteiger partial charge in [0.15, 0.2) is 0 Å². The molecule has 1 fully saturated rings. The van der Waals surface area contributed by atoms with Crippen molar-refractivity contribution in [2.24, 2.45) is 5.41 Å². The number of nitrogens with zero attached hydrogens (tertiary/aromatic N) is 2. The Kier molecular flexibility index (Phi) is 8.87. The third-order valence-corrected chi connectivity index (χ3v) is 7.56. The van der Waals surface area contributed by atoms with Crippen molar-refractivity contribution in [3.05, 3.63) is 77.1 Å². The Morgan fingerprint density at radius 2 is 2.00 bits per heavy atom. The highest BCUT2D eigenvalue weighted by molar-refractivity contribution is 5.92. The van der Waals surface area contributed by atoms with E-state index in [2.05, 4.69) is 18.0 Å². The largest absolute Gasteiger partial charge is 0.493 e. The second-order valence-corrected chi connectivity index (χ2v) is 10.5. The number of amides is 1. The molecule has 1 atom stereocenters. The molecule has 1 saturated carbocycles. The van der Waals surface area contributed by atoms with Gasteiger partial charge >= 0.3 is 5.97 Å². The van der Waals surface area contributed by atoms with Gasteiger partial charge in [0.05, 0.1) is 12.3 Å². The molecule has 1 amide bonds. The van der Waals surface area contributed by atoms with Crippen molar-refractivity contribution in [1.29, 1.82) is 0 Å². The molecular weight excluding hydrogens is 480 g/mol. The number of carboxylic acid groups (broad SMARTS) is 1. The van der Waals surface area contributed by atoms with Crippen LogP contribution in [0.3, 0.4) is 0 Å². The lowest BCUT2D eigenvalue weighted by atomic mass is 9.75. The Balaban J connectivity index is 1.38. The maximum absolute atomic E-state index is 12.7. The number of rotatable bonds is 9. The smallest absolute Gasteiger partial charge is 0.326 e. The zero-order valence-corrected chi connectivity index (χ0v) is 22.6. The van der Waals surface area contributed by atoms with Gasteiger partial charge in [-0.05, 0) is 61.4 Å². The first-order valence-electron chi connectivity index (χ1n) is 13.5. The number of ether oxygens (including phenoxy) is 1. The molecule has 0 spiro atoms. The molecule has 2 heterocycles. The zero-order chi connectivity index (χ0) is 27.1. The highest BCUT2D eigenvalue weighted by Gasteiger charge is 2.34. The predicted octanol–water partition coefficient (Wildman–Crippen LogP) is 6.06. The van der Waals surface area contributed by atoms with Gasteiger partial charge in [0.1, 0.15) is 17.6 Å². The molecule has 4 rings (SSSR count). The van der Waals surface area contributed by atoms with Gasteiger partial charge in [0.25, 0.3) is 0 Å². The summed E-state index contributed by atoms with van der Waals surface area (Å²) in [6.45, 7) is 6.74. The summed E-state index contributed by atoms with van der Waals surface area (Å²) in [6.07, 6.45) is 18.0. The lowest BCUT2D eigenvalue weighted by molar-refractivity contribution is -0.149. The fourth-order valence-electron chi connectivity index (χ4n) is 5.27. The van der Waals surface area contributed by atoms with E-state index in [4.69, 9.17) is 9.15 Å². The van der Waals surface area contributed by atoms with Gasteiger partial charge < -0.3 is 19.2 Å². The molecule has 1 N–H and O–H groups in total. The summed E-state index contributed by atoms with van der Waals surface area (Å²) in [5, 5.41) is 9.70. The molecule has 0 radical (unpaired) electrons. The first kappa shape index (κ1) is 27.4. The quantitative estimate of drug-likeness (QED) is 0.320. The van der Waals surface area contributed by atoms with Gasteiger partial charge in [0.2, 0.25) is 11.8 Å². The van der Waals surface area contributed by atoms with Crippen LogP contribution >= 0.6 is 0 Å². The number of benzene rings is 1. The number of allylic oxidation sites excluding steroid dienone is 4. The third kappa shape index (κ3) is 6.82. The first-order chi connectivity index (χ1) is 18.3. The molecule has 0 unspecified atom stereocenters. The van der Waals surface area contributed by atoms with Crippen LogP contribution in [0.4, 0.5) is 0 Å². The zero-order valence-electron chi connectivity index (χ0n) is 22.6. The fourth-order valence-corrected chi connectivity index (χ4v) is 5.27. The van der Waals surface area contributed by atoms with Gasteiger partial charge in [-0.1, -0.05) is 56.6 Å². The lowest BCUT2D eigenvalue weighted by Gasteiger charge is -2.34. The number of fused-ring (bicyclic) bond motifs is 1. The molecule has 2 aliphatic rings. The number of hydrogen-bond acceptors (Lipinski definition) is 5. The summed E-state index contributed by atoms with van der Waals surface area (Å²) < 4.78 is 11.9. The Morgan fingerprint density at radius 3 is 2.74 bits per heavy atom. The minimum Gasteiger partial charge on any atom is -0.493 e. The number of hydrogen-bond donors (Lipinski definition) is 1. The number of carboxylic acids is 1. The molecule has 7 heteroatoms. The van der Waals surface area contributed by atoms with Gasteiger partial charge in [-0.15, -0.1) is 0 Å². The number of carbonyl (C=O) groups excluding carboxylic acids is 1. The van der Waals surface area contributed by atoms with Crippen molar-refractivity contribution in [3.63, 3.8) is 0 Å². The van der Waals surface area contributed by atoms with Crippen molar-refractivity contribution in [2.75, 3.05) is 6.61 Å². The highest BCUT2D eigenvalue weighted by Crippen LogP contribution is 2.37. The van der Waals surface area contributed by atoms with E-state index in [-0.39, 0.29) is 24.3 Å². The summed E-state index contributed by atoms with van der Waals surface area (Å²) in [7, 11) is 0. The number of oxazole rings is 1. The number of aromatic nitrogens is 1. The number of aryl methyl sites for hydroxylation is 1. The van der Waals surface area contributed by atoms with Crippen LogP contribution in [0, 0.1) is 12.3 Å².